The van der Waals surface area contributed by atoms with E-state index in [1.807, 2.05) is 11.8 Å². The Hall–Kier alpha value is -1.56. The molecule has 3 nitrogen and oxygen atoms in total. The molecule has 110 valence electrons. The average molecular weight is 286 g/mol. The van der Waals surface area contributed by atoms with Crippen molar-refractivity contribution < 1.29 is 18.0 Å². The summed E-state index contributed by atoms with van der Waals surface area (Å²) in [6.07, 6.45) is 3.18. The SMILES string of the molecule is C[C@@H]1CCCCN1CC(=O)Nc1ccc(F)c(F)c1F. The summed E-state index contributed by atoms with van der Waals surface area (Å²) in [7, 11) is 0. The van der Waals surface area contributed by atoms with Crippen LogP contribution in [0.5, 0.6) is 0 Å². The van der Waals surface area contributed by atoms with E-state index in [1.54, 1.807) is 0 Å². The van der Waals surface area contributed by atoms with E-state index in [4.69, 9.17) is 0 Å². The molecule has 0 aromatic heterocycles. The van der Waals surface area contributed by atoms with Gasteiger partial charge in [-0.25, -0.2) is 13.2 Å². The Morgan fingerprint density at radius 1 is 1.30 bits per heavy atom. The number of likely N-dealkylation sites (tertiary alicyclic amines) is 1. The van der Waals surface area contributed by atoms with Gasteiger partial charge in [-0.05, 0) is 38.4 Å². The van der Waals surface area contributed by atoms with Crippen molar-refractivity contribution in [2.45, 2.75) is 32.2 Å². The maximum Gasteiger partial charge on any atom is 0.238 e. The van der Waals surface area contributed by atoms with E-state index in [0.29, 0.717) is 6.04 Å². The molecule has 0 bridgehead atoms. The molecular weight excluding hydrogens is 269 g/mol. The number of benzene rings is 1. The van der Waals surface area contributed by atoms with Crippen molar-refractivity contribution in [2.75, 3.05) is 18.4 Å². The van der Waals surface area contributed by atoms with Crippen molar-refractivity contribution in [3.63, 3.8) is 0 Å². The van der Waals surface area contributed by atoms with Gasteiger partial charge in [-0.2, -0.15) is 0 Å². The molecule has 1 saturated heterocycles. The average Bonchev–Trinajstić information content (AvgIpc) is 2.42. The molecule has 20 heavy (non-hydrogen) atoms. The molecule has 1 aromatic carbocycles. The third-order valence-electron chi connectivity index (χ3n) is 3.60. The van der Waals surface area contributed by atoms with Crippen LogP contribution in [0.4, 0.5) is 18.9 Å². The first-order valence-electron chi connectivity index (χ1n) is 6.66. The van der Waals surface area contributed by atoms with Crippen molar-refractivity contribution in [1.29, 1.82) is 0 Å². The highest BCUT2D eigenvalue weighted by Gasteiger charge is 2.21. The fourth-order valence-electron chi connectivity index (χ4n) is 2.39. The highest BCUT2D eigenvalue weighted by molar-refractivity contribution is 5.92. The lowest BCUT2D eigenvalue weighted by atomic mass is 10.0. The number of carbonyl (C=O) groups is 1. The van der Waals surface area contributed by atoms with Crippen molar-refractivity contribution in [2.24, 2.45) is 0 Å². The summed E-state index contributed by atoms with van der Waals surface area (Å²) in [6.45, 7) is 2.97. The van der Waals surface area contributed by atoms with E-state index in [0.717, 1.165) is 37.9 Å². The van der Waals surface area contributed by atoms with Gasteiger partial charge in [0.1, 0.15) is 0 Å². The molecule has 1 heterocycles. The molecule has 1 aliphatic heterocycles. The smallest absolute Gasteiger partial charge is 0.238 e. The van der Waals surface area contributed by atoms with Crippen LogP contribution in [0.15, 0.2) is 12.1 Å². The number of rotatable bonds is 3. The Kier molecular flexibility index (Phi) is 4.65. The van der Waals surface area contributed by atoms with Gasteiger partial charge in [0.05, 0.1) is 12.2 Å². The quantitative estimate of drug-likeness (QED) is 0.867. The van der Waals surface area contributed by atoms with E-state index < -0.39 is 23.4 Å². The first-order chi connectivity index (χ1) is 9.49. The number of carbonyl (C=O) groups excluding carboxylic acids is 1. The molecule has 0 radical (unpaired) electrons. The summed E-state index contributed by atoms with van der Waals surface area (Å²) < 4.78 is 39.3. The van der Waals surface area contributed by atoms with Crippen LogP contribution in [0.3, 0.4) is 0 Å². The number of halogens is 3. The van der Waals surface area contributed by atoms with Crippen LogP contribution in [0.2, 0.25) is 0 Å². The van der Waals surface area contributed by atoms with E-state index in [9.17, 15) is 18.0 Å². The summed E-state index contributed by atoms with van der Waals surface area (Å²) >= 11 is 0. The minimum absolute atomic E-state index is 0.125. The molecule has 0 unspecified atom stereocenters. The molecule has 2 rings (SSSR count). The predicted octanol–water partition coefficient (Wildman–Crippen LogP) is 2.92. The molecular formula is C14H17F3N2O. The largest absolute Gasteiger partial charge is 0.322 e. The van der Waals surface area contributed by atoms with Gasteiger partial charge < -0.3 is 5.32 Å². The number of nitrogens with one attached hydrogen (secondary N) is 1. The molecule has 0 saturated carbocycles. The van der Waals surface area contributed by atoms with Gasteiger partial charge in [0.25, 0.3) is 0 Å². The minimum atomic E-state index is -1.57. The van der Waals surface area contributed by atoms with E-state index in [-0.39, 0.29) is 12.2 Å². The lowest BCUT2D eigenvalue weighted by Crippen LogP contribution is -2.42. The molecule has 1 atom stereocenters. The molecule has 1 N–H and O–H groups in total. The van der Waals surface area contributed by atoms with Crippen LogP contribution in [-0.4, -0.2) is 29.9 Å². The fourth-order valence-corrected chi connectivity index (χ4v) is 2.39. The summed E-state index contributed by atoms with van der Waals surface area (Å²) in [6, 6.07) is 2.10. The lowest BCUT2D eigenvalue weighted by molar-refractivity contribution is -0.118. The third-order valence-corrected chi connectivity index (χ3v) is 3.60. The second kappa shape index (κ2) is 6.26. The van der Waals surface area contributed by atoms with Crippen LogP contribution < -0.4 is 5.32 Å². The summed E-state index contributed by atoms with van der Waals surface area (Å²) in [5, 5.41) is 2.28. The van der Waals surface area contributed by atoms with Gasteiger partial charge in [-0.3, -0.25) is 9.69 Å². The number of anilines is 1. The van der Waals surface area contributed by atoms with Crippen LogP contribution in [0.1, 0.15) is 26.2 Å². The maximum absolute atomic E-state index is 13.4. The Balaban J connectivity index is 1.99. The Bertz CT molecular complexity index is 507. The minimum Gasteiger partial charge on any atom is -0.322 e. The van der Waals surface area contributed by atoms with Gasteiger partial charge in [0.15, 0.2) is 17.5 Å². The zero-order chi connectivity index (χ0) is 14.7. The monoisotopic (exact) mass is 286 g/mol. The number of hydrogen-bond donors (Lipinski definition) is 1. The lowest BCUT2D eigenvalue weighted by Gasteiger charge is -2.32. The van der Waals surface area contributed by atoms with Crippen molar-refractivity contribution in [3.05, 3.63) is 29.6 Å². The zero-order valence-electron chi connectivity index (χ0n) is 11.3. The van der Waals surface area contributed by atoms with Crippen LogP contribution >= 0.6 is 0 Å². The molecule has 1 aromatic rings. The molecule has 1 aliphatic rings. The van der Waals surface area contributed by atoms with Crippen LogP contribution in [-0.2, 0) is 4.79 Å². The number of hydrogen-bond acceptors (Lipinski definition) is 2. The second-order valence-corrected chi connectivity index (χ2v) is 5.09. The van der Waals surface area contributed by atoms with E-state index in [2.05, 4.69) is 5.32 Å². The van der Waals surface area contributed by atoms with E-state index in [1.165, 1.54) is 0 Å². The number of piperidine rings is 1. The van der Waals surface area contributed by atoms with Crippen molar-refractivity contribution >= 4 is 11.6 Å². The molecule has 1 fully saturated rings. The first kappa shape index (κ1) is 14.8. The van der Waals surface area contributed by atoms with E-state index >= 15 is 0 Å². The van der Waals surface area contributed by atoms with Crippen molar-refractivity contribution in [3.8, 4) is 0 Å². The highest BCUT2D eigenvalue weighted by Crippen LogP contribution is 2.20. The van der Waals surface area contributed by atoms with Gasteiger partial charge in [-0.15, -0.1) is 0 Å². The molecule has 1 amide bonds. The van der Waals surface area contributed by atoms with Gasteiger partial charge in [-0.1, -0.05) is 6.42 Å². The second-order valence-electron chi connectivity index (χ2n) is 5.09. The summed E-state index contributed by atoms with van der Waals surface area (Å²) in [5.74, 6) is -4.65. The number of nitrogens with zero attached hydrogens (tertiary/aromatic N) is 1. The molecule has 0 aliphatic carbocycles. The third kappa shape index (κ3) is 3.30. The zero-order valence-corrected chi connectivity index (χ0v) is 11.3. The Morgan fingerprint density at radius 2 is 2.05 bits per heavy atom. The first-order valence-corrected chi connectivity index (χ1v) is 6.66. The highest BCUT2D eigenvalue weighted by atomic mass is 19.2. The fraction of sp³-hybridized carbons (Fsp3) is 0.500. The standard InChI is InChI=1S/C14H17F3N2O/c1-9-4-2-3-7-19(9)8-12(20)18-11-6-5-10(15)13(16)14(11)17/h5-6,9H,2-4,7-8H2,1H3,(H,18,20)/t9-/m1/s1. The number of amides is 1. The Labute approximate surface area is 115 Å². The Morgan fingerprint density at radius 3 is 2.75 bits per heavy atom. The topological polar surface area (TPSA) is 32.3 Å². The van der Waals surface area contributed by atoms with Crippen LogP contribution in [0, 0.1) is 17.5 Å². The maximum atomic E-state index is 13.4. The normalized spacial score (nSPS) is 19.9. The molecule has 6 heteroatoms. The van der Waals surface area contributed by atoms with Gasteiger partial charge in [0.2, 0.25) is 5.91 Å². The summed E-state index contributed by atoms with van der Waals surface area (Å²) in [4.78, 5) is 13.8. The van der Waals surface area contributed by atoms with Gasteiger partial charge >= 0.3 is 0 Å². The summed E-state index contributed by atoms with van der Waals surface area (Å²) in [5.41, 5.74) is -0.335. The van der Waals surface area contributed by atoms with Crippen LogP contribution in [0.25, 0.3) is 0 Å². The van der Waals surface area contributed by atoms with Crippen molar-refractivity contribution in [1.82, 2.24) is 4.90 Å². The van der Waals surface area contributed by atoms with Gasteiger partial charge in [0, 0.05) is 6.04 Å². The predicted molar refractivity (Wildman–Crippen MR) is 69.8 cm³/mol. The molecule has 0 spiro atoms.